The molecule has 2 rings (SSSR count). The van der Waals surface area contributed by atoms with Gasteiger partial charge in [-0.3, -0.25) is 4.79 Å². The summed E-state index contributed by atoms with van der Waals surface area (Å²) < 4.78 is 0. The Kier molecular flexibility index (Phi) is 5.63. The van der Waals surface area contributed by atoms with Crippen LogP contribution in [0.15, 0.2) is 11.6 Å². The summed E-state index contributed by atoms with van der Waals surface area (Å²) in [7, 11) is 0. The van der Waals surface area contributed by atoms with Gasteiger partial charge in [-0.15, -0.1) is 0 Å². The third-order valence-electron chi connectivity index (χ3n) is 6.54. The molecule has 132 valence electrons. The summed E-state index contributed by atoms with van der Waals surface area (Å²) in [5.41, 5.74) is 1.46. The molecule has 0 spiro atoms. The summed E-state index contributed by atoms with van der Waals surface area (Å²) in [5, 5.41) is 3.45. The number of allylic oxidation sites excluding steroid dienone is 2. The highest BCUT2D eigenvalue weighted by atomic mass is 16.2. The van der Waals surface area contributed by atoms with Crippen LogP contribution in [0, 0.1) is 35.0 Å². The van der Waals surface area contributed by atoms with Gasteiger partial charge >= 0.3 is 0 Å². The molecule has 2 aliphatic rings. The molecule has 0 heterocycles. The van der Waals surface area contributed by atoms with Crippen molar-refractivity contribution in [3.05, 3.63) is 11.6 Å². The summed E-state index contributed by atoms with van der Waals surface area (Å²) >= 11 is 0. The van der Waals surface area contributed by atoms with E-state index in [0.29, 0.717) is 29.7 Å². The van der Waals surface area contributed by atoms with E-state index in [-0.39, 0.29) is 11.3 Å². The molecule has 2 nitrogen and oxygen atoms in total. The van der Waals surface area contributed by atoms with E-state index in [2.05, 4.69) is 59.9 Å². The standard InChI is InChI=1S/C21H37NO/c1-13(2)10-16-12-18(21(16,6)7)20(23)22-19-11-15(5)8-9-17(19)14(3)4/h10,14-19H,8-9,11-12H2,1-7H3,(H,22,23)/t15-,16-,17+,18-,19+/m0/s1. The van der Waals surface area contributed by atoms with Gasteiger partial charge in [-0.05, 0) is 62.2 Å². The quantitative estimate of drug-likeness (QED) is 0.710. The Hall–Kier alpha value is -0.790. The molecule has 0 saturated heterocycles. The van der Waals surface area contributed by atoms with Crippen molar-refractivity contribution in [2.24, 2.45) is 35.0 Å². The molecule has 2 fully saturated rings. The van der Waals surface area contributed by atoms with Crippen LogP contribution < -0.4 is 5.32 Å². The van der Waals surface area contributed by atoms with Crippen LogP contribution in [0.25, 0.3) is 0 Å². The smallest absolute Gasteiger partial charge is 0.223 e. The lowest BCUT2D eigenvalue weighted by Crippen LogP contribution is -2.55. The fourth-order valence-electron chi connectivity index (χ4n) is 4.74. The minimum atomic E-state index is 0.0922. The van der Waals surface area contributed by atoms with Crippen LogP contribution >= 0.6 is 0 Å². The maximum atomic E-state index is 12.9. The molecule has 0 bridgehead atoms. The highest BCUT2D eigenvalue weighted by molar-refractivity contribution is 5.81. The Labute approximate surface area is 143 Å². The van der Waals surface area contributed by atoms with E-state index >= 15 is 0 Å². The fraction of sp³-hybridized carbons (Fsp3) is 0.857. The number of nitrogens with one attached hydrogen (secondary N) is 1. The normalized spacial score (nSPS) is 36.3. The Morgan fingerprint density at radius 3 is 2.35 bits per heavy atom. The van der Waals surface area contributed by atoms with Gasteiger partial charge in [-0.1, -0.05) is 52.7 Å². The topological polar surface area (TPSA) is 29.1 Å². The predicted octanol–water partition coefficient (Wildman–Crippen LogP) is 5.19. The van der Waals surface area contributed by atoms with Crippen LogP contribution in [0.3, 0.4) is 0 Å². The number of rotatable bonds is 4. The molecule has 2 aliphatic carbocycles. The average molecular weight is 320 g/mol. The van der Waals surface area contributed by atoms with Crippen molar-refractivity contribution in [2.45, 2.75) is 80.2 Å². The summed E-state index contributed by atoms with van der Waals surface area (Å²) in [5.74, 6) is 3.07. The minimum absolute atomic E-state index is 0.0922. The maximum absolute atomic E-state index is 12.9. The van der Waals surface area contributed by atoms with Gasteiger partial charge in [-0.2, -0.15) is 0 Å². The van der Waals surface area contributed by atoms with Crippen LogP contribution in [-0.2, 0) is 4.79 Å². The summed E-state index contributed by atoms with van der Waals surface area (Å²) in [4.78, 5) is 12.9. The van der Waals surface area contributed by atoms with E-state index < -0.39 is 0 Å². The van der Waals surface area contributed by atoms with Gasteiger partial charge in [0.05, 0.1) is 0 Å². The van der Waals surface area contributed by atoms with E-state index in [1.54, 1.807) is 0 Å². The first-order valence-electron chi connectivity index (χ1n) is 9.58. The highest BCUT2D eigenvalue weighted by Gasteiger charge is 2.51. The van der Waals surface area contributed by atoms with Crippen LogP contribution in [0.5, 0.6) is 0 Å². The van der Waals surface area contributed by atoms with Gasteiger partial charge in [0.1, 0.15) is 0 Å². The van der Waals surface area contributed by atoms with E-state index in [1.165, 1.54) is 18.4 Å². The summed E-state index contributed by atoms with van der Waals surface area (Å²) in [6.45, 7) is 15.8. The van der Waals surface area contributed by atoms with Crippen molar-refractivity contribution in [3.63, 3.8) is 0 Å². The van der Waals surface area contributed by atoms with E-state index in [4.69, 9.17) is 0 Å². The van der Waals surface area contributed by atoms with Crippen molar-refractivity contribution in [1.29, 1.82) is 0 Å². The number of hydrogen-bond acceptors (Lipinski definition) is 1. The third kappa shape index (κ3) is 4.00. The number of carbonyl (C=O) groups is 1. The number of hydrogen-bond donors (Lipinski definition) is 1. The molecule has 1 amide bonds. The Morgan fingerprint density at radius 1 is 1.17 bits per heavy atom. The first kappa shape index (κ1) is 18.5. The fourth-order valence-corrected chi connectivity index (χ4v) is 4.74. The number of amides is 1. The van der Waals surface area contributed by atoms with Crippen molar-refractivity contribution in [2.75, 3.05) is 0 Å². The predicted molar refractivity (Wildman–Crippen MR) is 98.1 cm³/mol. The SMILES string of the molecule is CC(C)=C[C@H]1C[C@@H](C(=O)N[C@@H]2C[C@@H](C)CC[C@@H]2C(C)C)C1(C)C. The van der Waals surface area contributed by atoms with Crippen molar-refractivity contribution < 1.29 is 4.79 Å². The van der Waals surface area contributed by atoms with E-state index in [1.807, 2.05) is 0 Å². The second-order valence-electron chi connectivity index (χ2n) is 9.40. The van der Waals surface area contributed by atoms with Crippen LogP contribution in [0.2, 0.25) is 0 Å². The molecule has 0 aromatic heterocycles. The molecular formula is C21H37NO. The zero-order valence-corrected chi connectivity index (χ0v) is 16.3. The van der Waals surface area contributed by atoms with Crippen LogP contribution in [-0.4, -0.2) is 11.9 Å². The lowest BCUT2D eigenvalue weighted by atomic mass is 9.54. The second-order valence-corrected chi connectivity index (χ2v) is 9.40. The van der Waals surface area contributed by atoms with Gasteiger partial charge in [0.2, 0.25) is 5.91 Å². The molecule has 0 aromatic rings. The van der Waals surface area contributed by atoms with Gasteiger partial charge in [0, 0.05) is 12.0 Å². The molecule has 0 radical (unpaired) electrons. The lowest BCUT2D eigenvalue weighted by Gasteiger charge is -2.51. The molecule has 2 saturated carbocycles. The first-order valence-corrected chi connectivity index (χ1v) is 9.58. The second kappa shape index (κ2) is 6.99. The summed E-state index contributed by atoms with van der Waals surface area (Å²) in [6, 6.07) is 0.379. The molecule has 2 heteroatoms. The minimum Gasteiger partial charge on any atom is -0.353 e. The Balaban J connectivity index is 2.00. The number of carbonyl (C=O) groups excluding carboxylic acids is 1. The largest absolute Gasteiger partial charge is 0.353 e. The van der Waals surface area contributed by atoms with Gasteiger partial charge in [0.15, 0.2) is 0 Å². The Bertz CT molecular complexity index is 458. The van der Waals surface area contributed by atoms with Gasteiger partial charge in [-0.25, -0.2) is 0 Å². The zero-order valence-electron chi connectivity index (χ0n) is 16.3. The molecule has 5 atom stereocenters. The lowest BCUT2D eigenvalue weighted by molar-refractivity contribution is -0.139. The highest BCUT2D eigenvalue weighted by Crippen LogP contribution is 2.52. The van der Waals surface area contributed by atoms with Crippen LogP contribution in [0.4, 0.5) is 0 Å². The summed E-state index contributed by atoms with van der Waals surface area (Å²) in [6.07, 6.45) is 7.09. The monoisotopic (exact) mass is 319 g/mol. The zero-order chi connectivity index (χ0) is 17.4. The molecule has 0 aliphatic heterocycles. The van der Waals surface area contributed by atoms with Gasteiger partial charge in [0.25, 0.3) is 0 Å². The molecular weight excluding hydrogens is 282 g/mol. The molecule has 23 heavy (non-hydrogen) atoms. The van der Waals surface area contributed by atoms with E-state index in [9.17, 15) is 4.79 Å². The molecule has 1 N–H and O–H groups in total. The van der Waals surface area contributed by atoms with Gasteiger partial charge < -0.3 is 5.32 Å². The average Bonchev–Trinajstić information content (AvgIpc) is 2.42. The van der Waals surface area contributed by atoms with Crippen molar-refractivity contribution >= 4 is 5.91 Å². The van der Waals surface area contributed by atoms with Crippen molar-refractivity contribution in [3.8, 4) is 0 Å². The molecule has 0 aromatic carbocycles. The van der Waals surface area contributed by atoms with Crippen molar-refractivity contribution in [1.82, 2.24) is 5.32 Å². The van der Waals surface area contributed by atoms with Crippen LogP contribution in [0.1, 0.15) is 74.1 Å². The first-order chi connectivity index (χ1) is 10.6. The molecule has 0 unspecified atom stereocenters. The Morgan fingerprint density at radius 2 is 1.83 bits per heavy atom. The van der Waals surface area contributed by atoms with E-state index in [0.717, 1.165) is 18.8 Å². The maximum Gasteiger partial charge on any atom is 0.223 e. The third-order valence-corrected chi connectivity index (χ3v) is 6.54.